The van der Waals surface area contributed by atoms with E-state index in [9.17, 15) is 8.78 Å². The topological polar surface area (TPSA) is 103 Å². The van der Waals surface area contributed by atoms with Crippen molar-refractivity contribution >= 4 is 11.6 Å². The fourth-order valence-corrected chi connectivity index (χ4v) is 4.66. The van der Waals surface area contributed by atoms with Crippen LogP contribution < -0.4 is 14.6 Å². The summed E-state index contributed by atoms with van der Waals surface area (Å²) in [5, 5.41) is 6.78. The van der Waals surface area contributed by atoms with Gasteiger partial charge in [-0.25, -0.2) is 28.3 Å². The molecule has 0 radical (unpaired) electrons. The molecule has 2 unspecified atom stereocenters. The van der Waals surface area contributed by atoms with Crippen LogP contribution in [-0.2, 0) is 13.6 Å². The summed E-state index contributed by atoms with van der Waals surface area (Å²) < 4.78 is 35.1. The lowest BCUT2D eigenvalue weighted by Crippen LogP contribution is -2.30. The molecule has 206 valence electrons. The second-order valence-corrected chi connectivity index (χ2v) is 10.3. The highest BCUT2D eigenvalue weighted by Gasteiger charge is 2.37. The van der Waals surface area contributed by atoms with Crippen molar-refractivity contribution in [2.24, 2.45) is 24.0 Å². The molecule has 2 aromatic heterocycles. The lowest BCUT2D eigenvalue weighted by Gasteiger charge is -2.10. The van der Waals surface area contributed by atoms with Crippen molar-refractivity contribution < 1.29 is 18.1 Å². The van der Waals surface area contributed by atoms with E-state index in [4.69, 9.17) is 10.3 Å². The van der Waals surface area contributed by atoms with E-state index in [0.717, 1.165) is 23.7 Å². The minimum atomic E-state index is -0.696. The second-order valence-electron chi connectivity index (χ2n) is 10.3. The fraction of sp³-hybridized carbons (Fsp3) is 0.310. The van der Waals surface area contributed by atoms with Crippen LogP contribution >= 0.6 is 0 Å². The Morgan fingerprint density at radius 3 is 2.52 bits per heavy atom. The molecule has 1 saturated carbocycles. The smallest absolute Gasteiger partial charge is 0.392 e. The van der Waals surface area contributed by atoms with Crippen LogP contribution in [0.25, 0.3) is 22.6 Å². The Morgan fingerprint density at radius 1 is 1.07 bits per heavy atom. The van der Waals surface area contributed by atoms with Gasteiger partial charge in [0.2, 0.25) is 5.82 Å². The molecule has 5 rings (SSSR count). The molecule has 2 N–H and O–H groups in total. The zero-order chi connectivity index (χ0) is 28.2. The third-order valence-corrected chi connectivity index (χ3v) is 6.76. The molecule has 1 aliphatic rings. The van der Waals surface area contributed by atoms with Crippen molar-refractivity contribution in [1.82, 2.24) is 19.9 Å². The molecule has 9 nitrogen and oxygen atoms in total. The minimum Gasteiger partial charge on any atom is -0.490 e. The summed E-state index contributed by atoms with van der Waals surface area (Å²) in [7, 11) is 5.87. The average Bonchev–Trinajstić information content (AvgIpc) is 3.67. The third-order valence-electron chi connectivity index (χ3n) is 6.76. The van der Waals surface area contributed by atoms with E-state index in [-0.39, 0.29) is 11.4 Å². The van der Waals surface area contributed by atoms with E-state index in [1.807, 2.05) is 24.3 Å². The molecule has 2 aromatic carbocycles. The van der Waals surface area contributed by atoms with Crippen molar-refractivity contribution in [2.75, 3.05) is 32.6 Å². The van der Waals surface area contributed by atoms with Crippen molar-refractivity contribution in [3.05, 3.63) is 78.3 Å². The number of ether oxygens (including phenoxy) is 1. The molecule has 2 heterocycles. The molecule has 1 aliphatic carbocycles. The Morgan fingerprint density at radius 2 is 1.82 bits per heavy atom. The van der Waals surface area contributed by atoms with Gasteiger partial charge in [0, 0.05) is 30.3 Å². The standard InChI is InChI=1S/C29H31F2N8O/c1-38(2)15-21-8-22(21)17-40-25-13-34-27(35-14-25)19-6-4-5-18(7-19)12-33-28-29(37-32)39(3)16-26(36-28)20-9-23(30)11-24(31)10-20/h4-7,9-11,13-14,16,21-22,32H,8,12,15,17H2,1-3H3,(H,33,36)/q+1. The number of halogens is 2. The maximum atomic E-state index is 13.8. The van der Waals surface area contributed by atoms with Gasteiger partial charge in [0.25, 0.3) is 0 Å². The average molecular weight is 546 g/mol. The van der Waals surface area contributed by atoms with E-state index >= 15 is 0 Å². The van der Waals surface area contributed by atoms with Gasteiger partial charge in [-0.05, 0) is 56.1 Å². The van der Waals surface area contributed by atoms with Crippen LogP contribution in [0.4, 0.5) is 20.4 Å². The van der Waals surface area contributed by atoms with Crippen LogP contribution in [0.1, 0.15) is 12.0 Å². The number of rotatable bonds is 11. The Hall–Kier alpha value is -4.38. The predicted octanol–water partition coefficient (Wildman–Crippen LogP) is 5.16. The lowest BCUT2D eigenvalue weighted by molar-refractivity contribution is -0.658. The number of hydrogen-bond donors (Lipinski definition) is 2. The van der Waals surface area contributed by atoms with Gasteiger partial charge in [-0.15, -0.1) is 0 Å². The number of anilines is 1. The van der Waals surface area contributed by atoms with E-state index in [2.05, 4.69) is 44.4 Å². The van der Waals surface area contributed by atoms with E-state index in [1.165, 1.54) is 18.6 Å². The Kier molecular flexibility index (Phi) is 8.01. The molecule has 1 fully saturated rings. The number of aromatic nitrogens is 4. The Bertz CT molecular complexity index is 1490. The first kappa shape index (κ1) is 27.2. The zero-order valence-electron chi connectivity index (χ0n) is 22.6. The maximum absolute atomic E-state index is 13.8. The van der Waals surface area contributed by atoms with E-state index in [0.29, 0.717) is 48.1 Å². The summed E-state index contributed by atoms with van der Waals surface area (Å²) >= 11 is 0. The monoisotopic (exact) mass is 545 g/mol. The van der Waals surface area contributed by atoms with E-state index in [1.54, 1.807) is 30.2 Å². The van der Waals surface area contributed by atoms with Gasteiger partial charge in [0.15, 0.2) is 11.6 Å². The summed E-state index contributed by atoms with van der Waals surface area (Å²) in [4.78, 5) is 15.7. The molecule has 0 spiro atoms. The van der Waals surface area contributed by atoms with Gasteiger partial charge < -0.3 is 15.0 Å². The fourth-order valence-electron chi connectivity index (χ4n) is 4.66. The highest BCUT2D eigenvalue weighted by molar-refractivity contribution is 5.63. The van der Waals surface area contributed by atoms with Crippen molar-refractivity contribution in [3.8, 4) is 28.4 Å². The SMILES string of the molecule is CN(C)CC1CC1COc1cnc(-c2cccc(CNc3nc(-c4cc(F)cc(F)c4)c[n+](C)c3N=N)c2)nc1. The normalized spacial score (nSPS) is 16.1. The molecule has 4 aromatic rings. The molecule has 2 atom stereocenters. The molecule has 0 aliphatic heterocycles. The van der Waals surface area contributed by atoms with Crippen LogP contribution in [-0.4, -0.2) is 47.1 Å². The first-order valence-electron chi connectivity index (χ1n) is 13.0. The van der Waals surface area contributed by atoms with Crippen molar-refractivity contribution in [3.63, 3.8) is 0 Å². The van der Waals surface area contributed by atoms with Crippen LogP contribution in [0.5, 0.6) is 5.75 Å². The number of nitrogens with zero attached hydrogens (tertiary/aromatic N) is 6. The largest absolute Gasteiger partial charge is 0.490 e. The van der Waals surface area contributed by atoms with Crippen molar-refractivity contribution in [2.45, 2.75) is 13.0 Å². The predicted molar refractivity (Wildman–Crippen MR) is 146 cm³/mol. The molecular weight excluding hydrogens is 514 g/mol. The van der Waals surface area contributed by atoms with Gasteiger partial charge >= 0.3 is 5.82 Å². The molecular formula is C29H31F2N8O+. The number of benzene rings is 2. The first-order valence-corrected chi connectivity index (χ1v) is 13.0. The van der Waals surface area contributed by atoms with Gasteiger partial charge in [0.05, 0.1) is 31.2 Å². The van der Waals surface area contributed by atoms with Crippen LogP contribution in [0.3, 0.4) is 0 Å². The second kappa shape index (κ2) is 11.8. The zero-order valence-corrected chi connectivity index (χ0v) is 22.6. The van der Waals surface area contributed by atoms with Crippen LogP contribution in [0, 0.1) is 29.0 Å². The molecule has 0 bridgehead atoms. The lowest BCUT2D eigenvalue weighted by atomic mass is 10.1. The highest BCUT2D eigenvalue weighted by atomic mass is 19.1. The summed E-state index contributed by atoms with van der Waals surface area (Å²) in [6.45, 7) is 2.12. The number of nitrogens with one attached hydrogen (secondary N) is 2. The van der Waals surface area contributed by atoms with Gasteiger partial charge in [-0.3, -0.25) is 0 Å². The molecule has 0 amide bonds. The van der Waals surface area contributed by atoms with Gasteiger partial charge in [-0.1, -0.05) is 23.7 Å². The van der Waals surface area contributed by atoms with Crippen molar-refractivity contribution in [1.29, 1.82) is 5.53 Å². The maximum Gasteiger partial charge on any atom is 0.392 e. The van der Waals surface area contributed by atoms with E-state index < -0.39 is 11.6 Å². The van der Waals surface area contributed by atoms with Gasteiger partial charge in [0.1, 0.15) is 23.5 Å². The molecule has 0 saturated heterocycles. The van der Waals surface area contributed by atoms with Gasteiger partial charge in [-0.2, -0.15) is 0 Å². The third kappa shape index (κ3) is 6.60. The summed E-state index contributed by atoms with van der Waals surface area (Å²) in [5.74, 6) is 1.70. The summed E-state index contributed by atoms with van der Waals surface area (Å²) in [6, 6.07) is 11.0. The Balaban J connectivity index is 1.26. The summed E-state index contributed by atoms with van der Waals surface area (Å²) in [6.07, 6.45) is 6.16. The minimum absolute atomic E-state index is 0.273. The molecule has 40 heavy (non-hydrogen) atoms. The highest BCUT2D eigenvalue weighted by Crippen LogP contribution is 2.39. The Labute approximate surface area is 231 Å². The number of hydrogen-bond acceptors (Lipinski definition) is 8. The van der Waals surface area contributed by atoms with Crippen LogP contribution in [0.15, 0.2) is 66.2 Å². The van der Waals surface area contributed by atoms with Crippen LogP contribution in [0.2, 0.25) is 0 Å². The molecule has 11 heteroatoms. The summed E-state index contributed by atoms with van der Waals surface area (Å²) in [5.41, 5.74) is 9.97. The first-order chi connectivity index (χ1) is 19.3. The quantitative estimate of drug-likeness (QED) is 0.199. The number of aryl methyl sites for hydroxylation is 1.